The van der Waals surface area contributed by atoms with E-state index in [1.807, 2.05) is 0 Å². The molecule has 0 radical (unpaired) electrons. The second-order valence-corrected chi connectivity index (χ2v) is 7.62. The summed E-state index contributed by atoms with van der Waals surface area (Å²) in [5, 5.41) is 0. The molecule has 0 atom stereocenters. The molecule has 0 aliphatic carbocycles. The molecular weight excluding hydrogens is 462 g/mol. The Kier molecular flexibility index (Phi) is 6.67. The van der Waals surface area contributed by atoms with Crippen LogP contribution in [0.2, 0.25) is 0 Å². The van der Waals surface area contributed by atoms with Gasteiger partial charge in [0.05, 0.1) is 18.8 Å². The molecule has 1 heterocycles. The lowest BCUT2D eigenvalue weighted by atomic mass is 10.0. The van der Waals surface area contributed by atoms with Crippen molar-refractivity contribution in [2.75, 3.05) is 13.2 Å². The zero-order chi connectivity index (χ0) is 24.5. The van der Waals surface area contributed by atoms with Crippen LogP contribution in [0.15, 0.2) is 67.3 Å². The smallest absolute Gasteiger partial charge is 0.429 e. The molecule has 0 saturated carbocycles. The molecule has 34 heavy (non-hydrogen) atoms. The molecule has 9 heteroatoms. The molecule has 1 saturated heterocycles. The number of ether oxygens (including phenoxy) is 3. The molecule has 0 bridgehead atoms. The highest BCUT2D eigenvalue weighted by Gasteiger charge is 2.38. The Labute approximate surface area is 191 Å². The van der Waals surface area contributed by atoms with E-state index in [0.717, 1.165) is 42.5 Å². The fraction of sp³-hybridized carbons (Fsp3) is 0.200. The van der Waals surface area contributed by atoms with Gasteiger partial charge in [-0.2, -0.15) is 8.78 Å². The Morgan fingerprint density at radius 3 is 2.18 bits per heavy atom. The van der Waals surface area contributed by atoms with Gasteiger partial charge in [0, 0.05) is 23.1 Å². The van der Waals surface area contributed by atoms with Crippen LogP contribution in [0.5, 0.6) is 5.75 Å². The molecule has 0 N–H and O–H groups in total. The molecule has 1 aliphatic heterocycles. The second-order valence-electron chi connectivity index (χ2n) is 7.62. The van der Waals surface area contributed by atoms with E-state index in [4.69, 9.17) is 9.47 Å². The van der Waals surface area contributed by atoms with Crippen LogP contribution in [0.3, 0.4) is 0 Å². The molecule has 3 aromatic carbocycles. The lowest BCUT2D eigenvalue weighted by molar-refractivity contribution is -0.198. The van der Waals surface area contributed by atoms with E-state index < -0.39 is 47.0 Å². The summed E-state index contributed by atoms with van der Waals surface area (Å²) in [4.78, 5) is 0. The summed E-state index contributed by atoms with van der Waals surface area (Å²) in [6.45, 7) is 4.22. The first-order valence-corrected chi connectivity index (χ1v) is 10.2. The summed E-state index contributed by atoms with van der Waals surface area (Å²) in [5.74, 6) is -5.19. The van der Waals surface area contributed by atoms with Gasteiger partial charge in [-0.1, -0.05) is 18.2 Å². The van der Waals surface area contributed by atoms with E-state index in [1.165, 1.54) is 6.07 Å². The number of hydrogen-bond donors (Lipinski definition) is 0. The average Bonchev–Trinajstić information content (AvgIpc) is 2.80. The van der Waals surface area contributed by atoms with Crippen molar-refractivity contribution in [3.8, 4) is 16.9 Å². The molecule has 4 rings (SSSR count). The average molecular weight is 480 g/mol. The predicted octanol–water partition coefficient (Wildman–Crippen LogP) is 6.89. The van der Waals surface area contributed by atoms with E-state index in [9.17, 15) is 26.3 Å². The Morgan fingerprint density at radius 1 is 0.824 bits per heavy atom. The van der Waals surface area contributed by atoms with Gasteiger partial charge in [-0.3, -0.25) is 0 Å². The SMILES string of the molecule is C=CC1COC(c2ccc(C(F)(F)Oc3ccc(-c4ccc(F)c(F)c4)c(F)c3)c(F)c2)OC1. The molecule has 0 unspecified atom stereocenters. The fourth-order valence-electron chi connectivity index (χ4n) is 3.42. The minimum atomic E-state index is -4.14. The molecule has 0 amide bonds. The van der Waals surface area contributed by atoms with Crippen molar-refractivity contribution >= 4 is 0 Å². The molecule has 3 aromatic rings. The predicted molar refractivity (Wildman–Crippen MR) is 111 cm³/mol. The highest BCUT2D eigenvalue weighted by Crippen LogP contribution is 2.36. The Balaban J connectivity index is 1.51. The van der Waals surface area contributed by atoms with Crippen molar-refractivity contribution in [1.29, 1.82) is 0 Å². The zero-order valence-electron chi connectivity index (χ0n) is 17.5. The first-order chi connectivity index (χ1) is 16.2. The molecule has 3 nitrogen and oxygen atoms in total. The largest absolute Gasteiger partial charge is 0.429 e. The molecule has 0 aromatic heterocycles. The van der Waals surface area contributed by atoms with Gasteiger partial charge in [0.15, 0.2) is 17.9 Å². The third-order valence-corrected chi connectivity index (χ3v) is 5.25. The zero-order valence-corrected chi connectivity index (χ0v) is 17.5. The van der Waals surface area contributed by atoms with E-state index in [0.29, 0.717) is 19.3 Å². The Morgan fingerprint density at radius 2 is 1.56 bits per heavy atom. The highest BCUT2D eigenvalue weighted by molar-refractivity contribution is 5.65. The summed E-state index contributed by atoms with van der Waals surface area (Å²) in [7, 11) is 0. The monoisotopic (exact) mass is 480 g/mol. The van der Waals surface area contributed by atoms with Crippen molar-refractivity contribution in [3.05, 3.63) is 102 Å². The minimum absolute atomic E-state index is 0.00269. The lowest BCUT2D eigenvalue weighted by Crippen LogP contribution is -2.26. The van der Waals surface area contributed by atoms with Gasteiger partial charge in [0.25, 0.3) is 0 Å². The van der Waals surface area contributed by atoms with Crippen molar-refractivity contribution in [2.45, 2.75) is 12.4 Å². The van der Waals surface area contributed by atoms with Crippen molar-refractivity contribution < 1.29 is 40.6 Å². The van der Waals surface area contributed by atoms with Crippen molar-refractivity contribution in [3.63, 3.8) is 0 Å². The third kappa shape index (κ3) is 4.95. The van der Waals surface area contributed by atoms with Crippen LogP contribution in [0, 0.1) is 29.2 Å². The molecule has 0 spiro atoms. The van der Waals surface area contributed by atoms with Crippen LogP contribution in [-0.2, 0) is 15.6 Å². The number of halogens is 6. The van der Waals surface area contributed by atoms with E-state index in [2.05, 4.69) is 11.3 Å². The maximum atomic E-state index is 14.7. The fourth-order valence-corrected chi connectivity index (χ4v) is 3.42. The van der Waals surface area contributed by atoms with Crippen molar-refractivity contribution in [1.82, 2.24) is 0 Å². The number of rotatable bonds is 6. The molecule has 1 fully saturated rings. The summed E-state index contributed by atoms with van der Waals surface area (Å²) in [6, 6.07) is 8.38. The maximum Gasteiger partial charge on any atom is 0.429 e. The normalized spacial score (nSPS) is 18.5. The minimum Gasteiger partial charge on any atom is -0.429 e. The summed E-state index contributed by atoms with van der Waals surface area (Å²) in [5.41, 5.74) is -1.01. The van der Waals surface area contributed by atoms with Crippen LogP contribution >= 0.6 is 0 Å². The standard InChI is InChI=1S/C25H18F6O3/c1-2-14-12-32-24(33-13-14)16-3-7-19(22(28)10-16)25(30,31)34-17-5-6-18(21(27)11-17)15-4-8-20(26)23(29)9-15/h2-11,14,24H,1,12-13H2. The highest BCUT2D eigenvalue weighted by atomic mass is 19.3. The van der Waals surface area contributed by atoms with Crippen LogP contribution in [-0.4, -0.2) is 13.2 Å². The number of hydrogen-bond acceptors (Lipinski definition) is 3. The van der Waals surface area contributed by atoms with Gasteiger partial charge in [0.2, 0.25) is 0 Å². The van der Waals surface area contributed by atoms with Crippen LogP contribution < -0.4 is 4.74 Å². The van der Waals surface area contributed by atoms with Gasteiger partial charge in [-0.25, -0.2) is 17.6 Å². The van der Waals surface area contributed by atoms with Crippen LogP contribution in [0.1, 0.15) is 17.4 Å². The second kappa shape index (κ2) is 9.52. The quantitative estimate of drug-likeness (QED) is 0.284. The molecule has 178 valence electrons. The lowest BCUT2D eigenvalue weighted by Gasteiger charge is -2.28. The van der Waals surface area contributed by atoms with Gasteiger partial charge in [0.1, 0.15) is 17.4 Å². The first-order valence-electron chi connectivity index (χ1n) is 10.2. The van der Waals surface area contributed by atoms with Crippen molar-refractivity contribution in [2.24, 2.45) is 5.92 Å². The summed E-state index contributed by atoms with van der Waals surface area (Å²) >= 11 is 0. The van der Waals surface area contributed by atoms with Gasteiger partial charge in [-0.05, 0) is 42.0 Å². The number of alkyl halides is 2. The van der Waals surface area contributed by atoms with E-state index in [-0.39, 0.29) is 22.6 Å². The van der Waals surface area contributed by atoms with Gasteiger partial charge in [-0.15, -0.1) is 6.58 Å². The van der Waals surface area contributed by atoms with E-state index in [1.54, 1.807) is 6.08 Å². The van der Waals surface area contributed by atoms with E-state index >= 15 is 0 Å². The van der Waals surface area contributed by atoms with Crippen LogP contribution in [0.4, 0.5) is 26.3 Å². The maximum absolute atomic E-state index is 14.7. The van der Waals surface area contributed by atoms with Gasteiger partial charge < -0.3 is 14.2 Å². The Bertz CT molecular complexity index is 1210. The third-order valence-electron chi connectivity index (χ3n) is 5.25. The summed E-state index contributed by atoms with van der Waals surface area (Å²) < 4.78 is 100. The van der Waals surface area contributed by atoms with Crippen LogP contribution in [0.25, 0.3) is 11.1 Å². The summed E-state index contributed by atoms with van der Waals surface area (Å²) in [6.07, 6.45) is -3.39. The Hall–Kier alpha value is -3.30. The topological polar surface area (TPSA) is 27.7 Å². The molecular formula is C25H18F6O3. The number of benzene rings is 3. The van der Waals surface area contributed by atoms with Gasteiger partial charge >= 0.3 is 6.11 Å². The first kappa shape index (κ1) is 23.8. The molecule has 1 aliphatic rings.